The maximum atomic E-state index is 12.5. The summed E-state index contributed by atoms with van der Waals surface area (Å²) in [5.74, 6) is -0.0646. The molecular formula is C20H23N3O2. The number of carbonyl (C=O) groups excluding carboxylic acids is 2. The highest BCUT2D eigenvalue weighted by molar-refractivity contribution is 5.89. The number of nitrogens with one attached hydrogen (secondary N) is 1. The molecule has 1 N–H and O–H groups in total. The summed E-state index contributed by atoms with van der Waals surface area (Å²) in [6.45, 7) is 3.33. The Morgan fingerprint density at radius 2 is 1.88 bits per heavy atom. The Morgan fingerprint density at radius 1 is 1.16 bits per heavy atom. The Kier molecular flexibility index (Phi) is 5.43. The topological polar surface area (TPSA) is 62.3 Å². The van der Waals surface area contributed by atoms with Gasteiger partial charge in [0.05, 0.1) is 0 Å². The van der Waals surface area contributed by atoms with Crippen molar-refractivity contribution >= 4 is 11.8 Å². The monoisotopic (exact) mass is 337 g/mol. The fourth-order valence-electron chi connectivity index (χ4n) is 3.02. The van der Waals surface area contributed by atoms with Gasteiger partial charge in [0.15, 0.2) is 0 Å². The van der Waals surface area contributed by atoms with Gasteiger partial charge in [0.25, 0.3) is 0 Å². The molecule has 2 amide bonds. The zero-order valence-electron chi connectivity index (χ0n) is 14.4. The van der Waals surface area contributed by atoms with Gasteiger partial charge < -0.3 is 10.2 Å². The van der Waals surface area contributed by atoms with Crippen molar-refractivity contribution in [1.29, 1.82) is 0 Å². The third kappa shape index (κ3) is 4.66. The van der Waals surface area contributed by atoms with Gasteiger partial charge in [-0.05, 0) is 43.0 Å². The molecule has 5 heteroatoms. The molecule has 0 unspecified atom stereocenters. The van der Waals surface area contributed by atoms with E-state index in [1.54, 1.807) is 12.4 Å². The lowest BCUT2D eigenvalue weighted by atomic mass is 10.1. The Balaban J connectivity index is 1.48. The molecule has 1 fully saturated rings. The van der Waals surface area contributed by atoms with Gasteiger partial charge in [-0.2, -0.15) is 0 Å². The van der Waals surface area contributed by atoms with Gasteiger partial charge in [-0.25, -0.2) is 0 Å². The number of aromatic nitrogens is 1. The molecule has 0 aliphatic carbocycles. The Morgan fingerprint density at radius 3 is 2.60 bits per heavy atom. The van der Waals surface area contributed by atoms with E-state index in [4.69, 9.17) is 0 Å². The lowest BCUT2D eigenvalue weighted by Crippen LogP contribution is -2.41. The van der Waals surface area contributed by atoms with Gasteiger partial charge in [0.1, 0.15) is 6.04 Å². The smallest absolute Gasteiger partial charge is 0.245 e. The van der Waals surface area contributed by atoms with Crippen molar-refractivity contribution in [3.63, 3.8) is 0 Å². The first-order valence-corrected chi connectivity index (χ1v) is 8.64. The second kappa shape index (κ2) is 7.92. The highest BCUT2D eigenvalue weighted by Gasteiger charge is 2.32. The molecule has 1 aromatic carbocycles. The molecule has 5 nitrogen and oxygen atoms in total. The summed E-state index contributed by atoms with van der Waals surface area (Å²) >= 11 is 0. The summed E-state index contributed by atoms with van der Waals surface area (Å²) in [7, 11) is 0. The standard InChI is InChI=1S/C20H23N3O2/c1-15-2-4-17(5-3-15)14-23-13-10-18(20(23)25)22-19(24)7-6-16-8-11-21-12-9-16/h2-5,8-9,11-12,18H,6-7,10,13-14H2,1H3,(H,22,24)/t18-/m0/s1. The maximum absolute atomic E-state index is 12.5. The average Bonchev–Trinajstić information content (AvgIpc) is 2.96. The van der Waals surface area contributed by atoms with Gasteiger partial charge in [0.2, 0.25) is 11.8 Å². The van der Waals surface area contributed by atoms with E-state index in [0.717, 1.165) is 11.1 Å². The zero-order valence-corrected chi connectivity index (χ0v) is 14.4. The Bertz CT molecular complexity index is 728. The molecule has 130 valence electrons. The predicted octanol–water partition coefficient (Wildman–Crippen LogP) is 2.24. The number of pyridine rings is 1. The molecule has 0 radical (unpaired) electrons. The third-order valence-corrected chi connectivity index (χ3v) is 4.52. The van der Waals surface area contributed by atoms with Crippen LogP contribution in [0.2, 0.25) is 0 Å². The van der Waals surface area contributed by atoms with Crippen LogP contribution in [0.1, 0.15) is 29.5 Å². The molecule has 1 aliphatic heterocycles. The zero-order chi connectivity index (χ0) is 17.6. The first kappa shape index (κ1) is 17.1. The minimum atomic E-state index is -0.393. The van der Waals surface area contributed by atoms with E-state index in [-0.39, 0.29) is 11.8 Å². The van der Waals surface area contributed by atoms with Crippen LogP contribution in [0.4, 0.5) is 0 Å². The van der Waals surface area contributed by atoms with Crippen LogP contribution in [0, 0.1) is 6.92 Å². The molecule has 1 aromatic heterocycles. The lowest BCUT2D eigenvalue weighted by Gasteiger charge is -2.17. The van der Waals surface area contributed by atoms with Crippen LogP contribution in [0.3, 0.4) is 0 Å². The van der Waals surface area contributed by atoms with Crippen molar-refractivity contribution in [3.8, 4) is 0 Å². The van der Waals surface area contributed by atoms with E-state index in [9.17, 15) is 9.59 Å². The van der Waals surface area contributed by atoms with Crippen LogP contribution >= 0.6 is 0 Å². The van der Waals surface area contributed by atoms with Crippen LogP contribution in [-0.4, -0.2) is 34.3 Å². The molecule has 2 aromatic rings. The summed E-state index contributed by atoms with van der Waals surface area (Å²) in [6.07, 6.45) is 5.15. The highest BCUT2D eigenvalue weighted by Crippen LogP contribution is 2.16. The summed E-state index contributed by atoms with van der Waals surface area (Å²) in [5, 5.41) is 2.88. The predicted molar refractivity (Wildman–Crippen MR) is 95.7 cm³/mol. The number of hydrogen-bond donors (Lipinski definition) is 1. The second-order valence-corrected chi connectivity index (χ2v) is 6.51. The van der Waals surface area contributed by atoms with E-state index in [1.165, 1.54) is 5.56 Å². The van der Waals surface area contributed by atoms with Gasteiger partial charge in [-0.3, -0.25) is 14.6 Å². The molecule has 1 atom stereocenters. The lowest BCUT2D eigenvalue weighted by molar-refractivity contribution is -0.133. The summed E-state index contributed by atoms with van der Waals surface area (Å²) < 4.78 is 0. The van der Waals surface area contributed by atoms with E-state index in [1.807, 2.05) is 48.2 Å². The van der Waals surface area contributed by atoms with Crippen LogP contribution in [0.25, 0.3) is 0 Å². The van der Waals surface area contributed by atoms with Gasteiger partial charge in [-0.1, -0.05) is 29.8 Å². The number of hydrogen-bond acceptors (Lipinski definition) is 3. The summed E-state index contributed by atoms with van der Waals surface area (Å²) in [6, 6.07) is 11.6. The van der Waals surface area contributed by atoms with E-state index in [0.29, 0.717) is 32.4 Å². The van der Waals surface area contributed by atoms with Crippen molar-refractivity contribution in [2.24, 2.45) is 0 Å². The minimum absolute atomic E-state index is 0.0119. The Hall–Kier alpha value is -2.69. The van der Waals surface area contributed by atoms with E-state index < -0.39 is 6.04 Å². The molecular weight excluding hydrogens is 314 g/mol. The number of rotatable bonds is 6. The second-order valence-electron chi connectivity index (χ2n) is 6.51. The third-order valence-electron chi connectivity index (χ3n) is 4.52. The highest BCUT2D eigenvalue weighted by atomic mass is 16.2. The van der Waals surface area contributed by atoms with E-state index >= 15 is 0 Å². The first-order valence-electron chi connectivity index (χ1n) is 8.64. The molecule has 3 rings (SSSR count). The number of carbonyl (C=O) groups is 2. The molecule has 1 saturated heterocycles. The quantitative estimate of drug-likeness (QED) is 0.879. The SMILES string of the molecule is Cc1ccc(CN2CC[C@H](NC(=O)CCc3ccncc3)C2=O)cc1. The molecule has 2 heterocycles. The normalized spacial score (nSPS) is 16.9. The maximum Gasteiger partial charge on any atom is 0.245 e. The van der Waals surface area contributed by atoms with Crippen molar-refractivity contribution in [2.45, 2.75) is 38.8 Å². The van der Waals surface area contributed by atoms with Crippen LogP contribution in [0.15, 0.2) is 48.8 Å². The number of benzene rings is 1. The molecule has 25 heavy (non-hydrogen) atoms. The largest absolute Gasteiger partial charge is 0.344 e. The van der Waals surface area contributed by atoms with Crippen LogP contribution in [-0.2, 0) is 22.6 Å². The summed E-state index contributed by atoms with van der Waals surface area (Å²) in [4.78, 5) is 30.4. The number of nitrogens with zero attached hydrogens (tertiary/aromatic N) is 2. The molecule has 0 saturated carbocycles. The molecule has 1 aliphatic rings. The van der Waals surface area contributed by atoms with Crippen molar-refractivity contribution < 1.29 is 9.59 Å². The van der Waals surface area contributed by atoms with Gasteiger partial charge in [-0.15, -0.1) is 0 Å². The Labute approximate surface area is 148 Å². The van der Waals surface area contributed by atoms with Crippen molar-refractivity contribution in [1.82, 2.24) is 15.2 Å². The fraction of sp³-hybridized carbons (Fsp3) is 0.350. The molecule has 0 spiro atoms. The van der Waals surface area contributed by atoms with Gasteiger partial charge >= 0.3 is 0 Å². The fourth-order valence-corrected chi connectivity index (χ4v) is 3.02. The number of likely N-dealkylation sites (tertiary alicyclic amines) is 1. The van der Waals surface area contributed by atoms with Crippen molar-refractivity contribution in [3.05, 3.63) is 65.5 Å². The average molecular weight is 337 g/mol. The van der Waals surface area contributed by atoms with Crippen molar-refractivity contribution in [2.75, 3.05) is 6.54 Å². The van der Waals surface area contributed by atoms with Crippen LogP contribution in [0.5, 0.6) is 0 Å². The minimum Gasteiger partial charge on any atom is -0.344 e. The van der Waals surface area contributed by atoms with E-state index in [2.05, 4.69) is 10.3 Å². The van der Waals surface area contributed by atoms with Gasteiger partial charge in [0, 0.05) is 31.9 Å². The number of amides is 2. The number of aryl methyl sites for hydroxylation is 2. The van der Waals surface area contributed by atoms with Crippen LogP contribution < -0.4 is 5.32 Å². The first-order chi connectivity index (χ1) is 12.1. The summed E-state index contributed by atoms with van der Waals surface area (Å²) in [5.41, 5.74) is 3.39. The molecule has 0 bridgehead atoms.